The van der Waals surface area contributed by atoms with Gasteiger partial charge in [0.2, 0.25) is 0 Å². The van der Waals surface area contributed by atoms with E-state index >= 15 is 0 Å². The second kappa shape index (κ2) is 13.0. The lowest BCUT2D eigenvalue weighted by molar-refractivity contribution is 0.0452. The van der Waals surface area contributed by atoms with Crippen LogP contribution in [0.1, 0.15) is 51.0 Å². The van der Waals surface area contributed by atoms with Gasteiger partial charge >= 0.3 is 0 Å². The number of ketones is 2. The predicted molar refractivity (Wildman–Crippen MR) is 134 cm³/mol. The minimum Gasteiger partial charge on any atom is -0.380 e. The molecular weight excluding hydrogens is 424 g/mol. The molecule has 1 N–H and O–H groups in total. The summed E-state index contributed by atoms with van der Waals surface area (Å²) in [6.07, 6.45) is -1.60. The second-order valence-corrected chi connectivity index (χ2v) is 7.52. The van der Waals surface area contributed by atoms with Gasteiger partial charge in [0, 0.05) is 17.7 Å². The van der Waals surface area contributed by atoms with Crippen molar-refractivity contribution in [2.45, 2.75) is 19.1 Å². The van der Waals surface area contributed by atoms with E-state index < -0.39 is 12.2 Å². The molecule has 0 spiro atoms. The zero-order valence-corrected chi connectivity index (χ0v) is 19.1. The molecule has 0 aliphatic heterocycles. The van der Waals surface area contributed by atoms with Crippen molar-refractivity contribution in [3.63, 3.8) is 0 Å². The second-order valence-electron chi connectivity index (χ2n) is 7.52. The Kier molecular flexibility index (Phi) is 9.47. The largest absolute Gasteiger partial charge is 0.380 e. The maximum Gasteiger partial charge on any atom is 0.196 e. The third kappa shape index (κ3) is 6.82. The van der Waals surface area contributed by atoms with Crippen molar-refractivity contribution >= 4 is 11.6 Å². The zero-order valence-electron chi connectivity index (χ0n) is 19.1. The minimum absolute atomic E-state index is 0.00338. The molecule has 0 aromatic heterocycles. The van der Waals surface area contributed by atoms with Crippen molar-refractivity contribution < 1.29 is 19.4 Å². The topological polar surface area (TPSA) is 63.6 Å². The highest BCUT2D eigenvalue weighted by molar-refractivity contribution is 6.00. The molecule has 0 saturated heterocycles. The SMILES string of the molecule is CCOC(C(=O)c1ccccc1)c1ccccc1.O=C(c1ccccc1)C(O)c1ccccc1. The van der Waals surface area contributed by atoms with E-state index in [1.54, 1.807) is 48.5 Å². The number of hydrogen-bond donors (Lipinski definition) is 1. The van der Waals surface area contributed by atoms with Crippen LogP contribution in [-0.2, 0) is 4.74 Å². The Morgan fingerprint density at radius 1 is 0.618 bits per heavy atom. The fourth-order valence-electron chi connectivity index (χ4n) is 3.42. The molecule has 0 amide bonds. The van der Waals surface area contributed by atoms with Crippen LogP contribution in [0.2, 0.25) is 0 Å². The zero-order chi connectivity index (χ0) is 24.2. The molecule has 0 saturated carbocycles. The van der Waals surface area contributed by atoms with Gasteiger partial charge < -0.3 is 9.84 Å². The van der Waals surface area contributed by atoms with Gasteiger partial charge in [0.1, 0.15) is 12.2 Å². The van der Waals surface area contributed by atoms with Gasteiger partial charge in [-0.05, 0) is 18.1 Å². The molecule has 0 bridgehead atoms. The van der Waals surface area contributed by atoms with Crippen molar-refractivity contribution in [3.05, 3.63) is 144 Å². The molecule has 2 atom stereocenters. The molecule has 4 nitrogen and oxygen atoms in total. The van der Waals surface area contributed by atoms with Crippen LogP contribution in [0.3, 0.4) is 0 Å². The molecule has 0 fully saturated rings. The quantitative estimate of drug-likeness (QED) is 0.321. The van der Waals surface area contributed by atoms with E-state index in [9.17, 15) is 14.7 Å². The van der Waals surface area contributed by atoms with Gasteiger partial charge in [-0.3, -0.25) is 9.59 Å². The van der Waals surface area contributed by atoms with E-state index in [2.05, 4.69) is 0 Å². The molecule has 4 heteroatoms. The average molecular weight is 453 g/mol. The molecule has 2 unspecified atom stereocenters. The van der Waals surface area contributed by atoms with Gasteiger partial charge in [0.25, 0.3) is 0 Å². The van der Waals surface area contributed by atoms with E-state index in [4.69, 9.17) is 4.74 Å². The minimum atomic E-state index is -1.08. The van der Waals surface area contributed by atoms with Gasteiger partial charge in [-0.15, -0.1) is 0 Å². The van der Waals surface area contributed by atoms with Gasteiger partial charge in [0.15, 0.2) is 11.6 Å². The number of ether oxygens (including phenoxy) is 1. The first-order valence-corrected chi connectivity index (χ1v) is 11.2. The number of carbonyl (C=O) groups excluding carboxylic acids is 2. The Labute approximate surface area is 200 Å². The first-order valence-electron chi connectivity index (χ1n) is 11.2. The smallest absolute Gasteiger partial charge is 0.196 e. The van der Waals surface area contributed by atoms with Crippen LogP contribution in [0.25, 0.3) is 0 Å². The highest BCUT2D eigenvalue weighted by Gasteiger charge is 2.22. The molecule has 0 aliphatic rings. The molecular formula is C30H28O4. The summed E-state index contributed by atoms with van der Waals surface area (Å²) < 4.78 is 5.59. The van der Waals surface area contributed by atoms with Crippen LogP contribution in [0.15, 0.2) is 121 Å². The lowest BCUT2D eigenvalue weighted by atomic mass is 10.00. The highest BCUT2D eigenvalue weighted by atomic mass is 16.5. The van der Waals surface area contributed by atoms with Crippen LogP contribution in [-0.4, -0.2) is 23.3 Å². The maximum atomic E-state index is 12.4. The Bertz CT molecular complexity index is 1140. The van der Waals surface area contributed by atoms with Crippen molar-refractivity contribution in [1.82, 2.24) is 0 Å². The van der Waals surface area contributed by atoms with Crippen LogP contribution in [0.4, 0.5) is 0 Å². The Morgan fingerprint density at radius 3 is 1.44 bits per heavy atom. The fraction of sp³-hybridized carbons (Fsp3) is 0.133. The third-order valence-electron chi connectivity index (χ3n) is 5.15. The summed E-state index contributed by atoms with van der Waals surface area (Å²) in [5, 5.41) is 9.89. The summed E-state index contributed by atoms with van der Waals surface area (Å²) in [5.41, 5.74) is 2.73. The standard InChI is InChI=1S/C16H16O2.C14H12O2/c1-2-18-16(14-11-7-4-8-12-14)15(17)13-9-5-3-6-10-13;15-13(11-7-3-1-4-8-11)14(16)12-9-5-2-6-10-12/h3-12,16H,2H2,1H3;1-10,13,15H. The van der Waals surface area contributed by atoms with Gasteiger partial charge in [-0.2, -0.15) is 0 Å². The van der Waals surface area contributed by atoms with Crippen LogP contribution < -0.4 is 0 Å². The molecule has 4 aromatic rings. The van der Waals surface area contributed by atoms with Crippen molar-refractivity contribution in [2.24, 2.45) is 0 Å². The monoisotopic (exact) mass is 452 g/mol. The Morgan fingerprint density at radius 2 is 1.00 bits per heavy atom. The van der Waals surface area contributed by atoms with E-state index in [-0.39, 0.29) is 11.6 Å². The molecule has 4 rings (SSSR count). The summed E-state index contributed by atoms with van der Waals surface area (Å²) in [4.78, 5) is 24.3. The van der Waals surface area contributed by atoms with Crippen molar-refractivity contribution in [2.75, 3.05) is 6.61 Å². The number of Topliss-reactive ketones (excluding diaryl/α,β-unsaturated/α-hetero) is 2. The predicted octanol–water partition coefficient (Wildman–Crippen LogP) is 6.25. The normalized spacial score (nSPS) is 12.1. The molecule has 172 valence electrons. The van der Waals surface area contributed by atoms with E-state index in [1.165, 1.54) is 0 Å². The van der Waals surface area contributed by atoms with Crippen molar-refractivity contribution in [1.29, 1.82) is 0 Å². The Hall–Kier alpha value is -3.86. The summed E-state index contributed by atoms with van der Waals surface area (Å²) in [6.45, 7) is 2.41. The lowest BCUT2D eigenvalue weighted by Crippen LogP contribution is -2.16. The molecule has 0 aliphatic carbocycles. The first kappa shape index (κ1) is 24.8. The number of carbonyl (C=O) groups is 2. The van der Waals surface area contributed by atoms with E-state index in [0.717, 1.165) is 5.56 Å². The highest BCUT2D eigenvalue weighted by Crippen LogP contribution is 2.22. The summed E-state index contributed by atoms with van der Waals surface area (Å²) in [7, 11) is 0. The number of rotatable bonds is 8. The summed E-state index contributed by atoms with van der Waals surface area (Å²) in [5.74, 6) is -0.268. The van der Waals surface area contributed by atoms with Crippen LogP contribution in [0, 0.1) is 0 Å². The number of benzene rings is 4. The summed E-state index contributed by atoms with van der Waals surface area (Å²) in [6, 6.07) is 36.6. The average Bonchev–Trinajstić information content (AvgIpc) is 2.93. The van der Waals surface area contributed by atoms with Gasteiger partial charge in [-0.25, -0.2) is 0 Å². The van der Waals surface area contributed by atoms with Crippen molar-refractivity contribution in [3.8, 4) is 0 Å². The molecule has 34 heavy (non-hydrogen) atoms. The van der Waals surface area contributed by atoms with Crippen LogP contribution >= 0.6 is 0 Å². The van der Waals surface area contributed by atoms with Gasteiger partial charge in [-0.1, -0.05) is 121 Å². The Balaban J connectivity index is 0.000000192. The van der Waals surface area contributed by atoms with E-state index in [0.29, 0.717) is 23.3 Å². The van der Waals surface area contributed by atoms with Crippen LogP contribution in [0.5, 0.6) is 0 Å². The molecule has 0 heterocycles. The molecule has 0 radical (unpaired) electrons. The molecule has 4 aromatic carbocycles. The number of aliphatic hydroxyl groups excluding tert-OH is 1. The summed E-state index contributed by atoms with van der Waals surface area (Å²) >= 11 is 0. The third-order valence-corrected chi connectivity index (χ3v) is 5.15. The lowest BCUT2D eigenvalue weighted by Gasteiger charge is -2.16. The fourth-order valence-corrected chi connectivity index (χ4v) is 3.42. The van der Waals surface area contributed by atoms with E-state index in [1.807, 2.05) is 79.7 Å². The maximum absolute atomic E-state index is 12.4. The number of aliphatic hydroxyl groups is 1. The first-order chi connectivity index (χ1) is 16.6. The van der Waals surface area contributed by atoms with Gasteiger partial charge in [0.05, 0.1) is 0 Å². The number of hydrogen-bond acceptors (Lipinski definition) is 4.